The molecule has 0 atom stereocenters. The maximum atomic E-state index is 12.2. The molecule has 2 aromatic rings. The molecule has 23 heavy (non-hydrogen) atoms. The van der Waals surface area contributed by atoms with Crippen molar-refractivity contribution in [3.8, 4) is 11.8 Å². The normalized spacial score (nSPS) is 10.8. The minimum atomic E-state index is -0.434. The highest BCUT2D eigenvalue weighted by Gasteiger charge is 2.09. The Kier molecular flexibility index (Phi) is 5.16. The molecular formula is C19H18N2O2. The molecule has 0 saturated carbocycles. The van der Waals surface area contributed by atoms with Crippen molar-refractivity contribution in [1.29, 1.82) is 5.26 Å². The largest absolute Gasteiger partial charge is 0.497 e. The highest BCUT2D eigenvalue weighted by atomic mass is 16.5. The SMILES string of the molecule is COc1ccc(NC(=O)/C(C#N)=C/c2ccc(C)c(C)c2)cc1. The van der Waals surface area contributed by atoms with Crippen molar-refractivity contribution in [3.63, 3.8) is 0 Å². The van der Waals surface area contributed by atoms with Crippen LogP contribution in [-0.2, 0) is 4.79 Å². The quantitative estimate of drug-likeness (QED) is 0.689. The number of ether oxygens (including phenoxy) is 1. The number of aryl methyl sites for hydroxylation is 2. The predicted molar refractivity (Wildman–Crippen MR) is 91.1 cm³/mol. The summed E-state index contributed by atoms with van der Waals surface area (Å²) in [5.41, 5.74) is 3.78. The van der Waals surface area contributed by atoms with Crippen molar-refractivity contribution in [1.82, 2.24) is 0 Å². The van der Waals surface area contributed by atoms with Crippen LogP contribution in [0.4, 0.5) is 5.69 Å². The van der Waals surface area contributed by atoms with Gasteiger partial charge >= 0.3 is 0 Å². The first kappa shape index (κ1) is 16.3. The lowest BCUT2D eigenvalue weighted by atomic mass is 10.0. The molecule has 1 N–H and O–H groups in total. The van der Waals surface area contributed by atoms with Crippen molar-refractivity contribution in [2.24, 2.45) is 0 Å². The summed E-state index contributed by atoms with van der Waals surface area (Å²) in [7, 11) is 1.58. The summed E-state index contributed by atoms with van der Waals surface area (Å²) in [5, 5.41) is 11.9. The lowest BCUT2D eigenvalue weighted by Crippen LogP contribution is -2.13. The monoisotopic (exact) mass is 306 g/mol. The summed E-state index contributed by atoms with van der Waals surface area (Å²) in [6.07, 6.45) is 1.59. The number of amides is 1. The van der Waals surface area contributed by atoms with Crippen LogP contribution in [0.3, 0.4) is 0 Å². The number of benzene rings is 2. The molecule has 116 valence electrons. The molecule has 0 heterocycles. The van der Waals surface area contributed by atoms with Gasteiger partial charge in [0.1, 0.15) is 17.4 Å². The maximum absolute atomic E-state index is 12.2. The Hall–Kier alpha value is -3.06. The van der Waals surface area contributed by atoms with Crippen LogP contribution in [0.2, 0.25) is 0 Å². The van der Waals surface area contributed by atoms with Gasteiger partial charge in [0.15, 0.2) is 0 Å². The summed E-state index contributed by atoms with van der Waals surface area (Å²) < 4.78 is 5.07. The molecule has 0 aliphatic rings. The van der Waals surface area contributed by atoms with Crippen molar-refractivity contribution >= 4 is 17.7 Å². The molecule has 2 aromatic carbocycles. The fourth-order valence-electron chi connectivity index (χ4n) is 2.04. The minimum Gasteiger partial charge on any atom is -0.497 e. The molecule has 2 rings (SSSR count). The number of anilines is 1. The van der Waals surface area contributed by atoms with Crippen LogP contribution in [0, 0.1) is 25.2 Å². The van der Waals surface area contributed by atoms with Gasteiger partial charge in [-0.1, -0.05) is 18.2 Å². The standard InChI is InChI=1S/C19H18N2O2/c1-13-4-5-15(10-14(13)2)11-16(12-20)19(22)21-17-6-8-18(23-3)9-7-17/h4-11H,1-3H3,(H,21,22)/b16-11+. The lowest BCUT2D eigenvalue weighted by Gasteiger charge is -2.06. The predicted octanol–water partition coefficient (Wildman–Crippen LogP) is 3.86. The maximum Gasteiger partial charge on any atom is 0.266 e. The zero-order chi connectivity index (χ0) is 16.8. The Morgan fingerprint density at radius 2 is 1.83 bits per heavy atom. The Morgan fingerprint density at radius 3 is 2.39 bits per heavy atom. The van der Waals surface area contributed by atoms with Crippen LogP contribution in [0.1, 0.15) is 16.7 Å². The Labute approximate surface area is 136 Å². The molecule has 1 amide bonds. The van der Waals surface area contributed by atoms with E-state index in [0.717, 1.165) is 11.1 Å². The number of nitrogens with zero attached hydrogens (tertiary/aromatic N) is 1. The van der Waals surface area contributed by atoms with Crippen LogP contribution in [-0.4, -0.2) is 13.0 Å². The summed E-state index contributed by atoms with van der Waals surface area (Å²) in [4.78, 5) is 12.2. The Balaban J connectivity index is 2.18. The molecule has 0 saturated heterocycles. The van der Waals surface area contributed by atoms with E-state index >= 15 is 0 Å². The van der Waals surface area contributed by atoms with Gasteiger partial charge in [0.05, 0.1) is 7.11 Å². The van der Waals surface area contributed by atoms with Crippen molar-refractivity contribution in [3.05, 3.63) is 64.7 Å². The van der Waals surface area contributed by atoms with E-state index in [1.54, 1.807) is 37.5 Å². The third-order valence-corrected chi connectivity index (χ3v) is 3.55. The van der Waals surface area contributed by atoms with E-state index in [-0.39, 0.29) is 5.57 Å². The Morgan fingerprint density at radius 1 is 1.13 bits per heavy atom. The summed E-state index contributed by atoms with van der Waals surface area (Å²) in [6.45, 7) is 4.01. The molecule has 0 aromatic heterocycles. The lowest BCUT2D eigenvalue weighted by molar-refractivity contribution is -0.112. The zero-order valence-electron chi connectivity index (χ0n) is 13.4. The molecule has 0 aliphatic heterocycles. The minimum absolute atomic E-state index is 0.0593. The van der Waals surface area contributed by atoms with Gasteiger partial charge in [-0.15, -0.1) is 0 Å². The number of hydrogen-bond acceptors (Lipinski definition) is 3. The third-order valence-electron chi connectivity index (χ3n) is 3.55. The number of carbonyl (C=O) groups is 1. The number of nitriles is 1. The molecule has 0 unspecified atom stereocenters. The average molecular weight is 306 g/mol. The number of rotatable bonds is 4. The molecule has 4 heteroatoms. The number of hydrogen-bond donors (Lipinski definition) is 1. The van der Waals surface area contributed by atoms with Gasteiger partial charge < -0.3 is 10.1 Å². The number of carbonyl (C=O) groups excluding carboxylic acids is 1. The van der Waals surface area contributed by atoms with E-state index in [0.29, 0.717) is 11.4 Å². The Bertz CT molecular complexity index is 784. The fourth-order valence-corrected chi connectivity index (χ4v) is 2.04. The second kappa shape index (κ2) is 7.28. The second-order valence-corrected chi connectivity index (χ2v) is 5.20. The summed E-state index contributed by atoms with van der Waals surface area (Å²) in [5.74, 6) is 0.269. The van der Waals surface area contributed by atoms with Crippen LogP contribution >= 0.6 is 0 Å². The van der Waals surface area contributed by atoms with Gasteiger partial charge in [0, 0.05) is 5.69 Å². The van der Waals surface area contributed by atoms with Gasteiger partial charge in [0.25, 0.3) is 5.91 Å². The fraction of sp³-hybridized carbons (Fsp3) is 0.158. The summed E-state index contributed by atoms with van der Waals surface area (Å²) in [6, 6.07) is 14.7. The van der Waals surface area contributed by atoms with Gasteiger partial charge in [-0.2, -0.15) is 5.26 Å². The zero-order valence-corrected chi connectivity index (χ0v) is 13.4. The van der Waals surface area contributed by atoms with E-state index in [9.17, 15) is 10.1 Å². The van der Waals surface area contributed by atoms with Crippen LogP contribution < -0.4 is 10.1 Å². The molecule has 0 fully saturated rings. The molecule has 0 aliphatic carbocycles. The van der Waals surface area contributed by atoms with E-state index in [4.69, 9.17) is 4.74 Å². The number of methoxy groups -OCH3 is 1. The van der Waals surface area contributed by atoms with Crippen molar-refractivity contribution in [2.75, 3.05) is 12.4 Å². The van der Waals surface area contributed by atoms with E-state index < -0.39 is 5.91 Å². The van der Waals surface area contributed by atoms with Crippen LogP contribution in [0.25, 0.3) is 6.08 Å². The summed E-state index contributed by atoms with van der Waals surface area (Å²) >= 11 is 0. The first-order valence-corrected chi connectivity index (χ1v) is 7.18. The van der Waals surface area contributed by atoms with Crippen LogP contribution in [0.15, 0.2) is 48.0 Å². The van der Waals surface area contributed by atoms with Gasteiger partial charge in [-0.05, 0) is 60.9 Å². The van der Waals surface area contributed by atoms with Gasteiger partial charge in [0.2, 0.25) is 0 Å². The van der Waals surface area contributed by atoms with E-state index in [1.807, 2.05) is 38.1 Å². The smallest absolute Gasteiger partial charge is 0.266 e. The first-order valence-electron chi connectivity index (χ1n) is 7.18. The molecule has 0 spiro atoms. The molecular weight excluding hydrogens is 288 g/mol. The van der Waals surface area contributed by atoms with Crippen molar-refractivity contribution in [2.45, 2.75) is 13.8 Å². The van der Waals surface area contributed by atoms with E-state index in [2.05, 4.69) is 5.32 Å². The first-order chi connectivity index (χ1) is 11.0. The average Bonchev–Trinajstić information content (AvgIpc) is 2.56. The molecule has 0 bridgehead atoms. The highest BCUT2D eigenvalue weighted by molar-refractivity contribution is 6.09. The van der Waals surface area contributed by atoms with E-state index in [1.165, 1.54) is 5.56 Å². The molecule has 4 nitrogen and oxygen atoms in total. The third kappa shape index (κ3) is 4.21. The highest BCUT2D eigenvalue weighted by Crippen LogP contribution is 2.17. The number of nitrogens with one attached hydrogen (secondary N) is 1. The van der Waals surface area contributed by atoms with Gasteiger partial charge in [-0.3, -0.25) is 4.79 Å². The topological polar surface area (TPSA) is 62.1 Å². The van der Waals surface area contributed by atoms with Crippen molar-refractivity contribution < 1.29 is 9.53 Å². The van der Waals surface area contributed by atoms with Gasteiger partial charge in [-0.25, -0.2) is 0 Å². The second-order valence-electron chi connectivity index (χ2n) is 5.20. The van der Waals surface area contributed by atoms with Crippen LogP contribution in [0.5, 0.6) is 5.75 Å². The molecule has 0 radical (unpaired) electrons.